The second-order valence-corrected chi connectivity index (χ2v) is 8.24. The molecule has 140 valence electrons. The molecule has 2 nitrogen and oxygen atoms in total. The Hall–Kier alpha value is -2.12. The maximum Gasteiger partial charge on any atom is 0.163 e. The Balaban J connectivity index is 1.97. The van der Waals surface area contributed by atoms with Gasteiger partial charge < -0.3 is 0 Å². The van der Waals surface area contributed by atoms with Crippen LogP contribution in [0.4, 0.5) is 0 Å². The lowest BCUT2D eigenvalue weighted by atomic mass is 9.78. The molecule has 0 saturated carbocycles. The molecule has 5 heteroatoms. The molecular formula is C23H16BrCl2NO. The first-order valence-corrected chi connectivity index (χ1v) is 10.2. The number of benzene rings is 3. The van der Waals surface area contributed by atoms with Crippen molar-refractivity contribution in [2.75, 3.05) is 0 Å². The molecule has 0 amide bonds. The highest BCUT2D eigenvalue weighted by Crippen LogP contribution is 2.37. The SMILES string of the molecule is N#CC(c1ccc(Cl)cc1)C(CC(=O)c1ccc(Br)cc1)c1ccc(Cl)cc1. The topological polar surface area (TPSA) is 40.9 Å². The molecule has 0 aliphatic heterocycles. The summed E-state index contributed by atoms with van der Waals surface area (Å²) in [6.07, 6.45) is 0.212. The van der Waals surface area contributed by atoms with Crippen molar-refractivity contribution >= 4 is 44.9 Å². The molecule has 28 heavy (non-hydrogen) atoms. The van der Waals surface area contributed by atoms with E-state index in [1.165, 1.54) is 0 Å². The van der Waals surface area contributed by atoms with Crippen LogP contribution in [-0.2, 0) is 0 Å². The van der Waals surface area contributed by atoms with Gasteiger partial charge in [-0.1, -0.05) is 75.5 Å². The van der Waals surface area contributed by atoms with Crippen molar-refractivity contribution in [2.24, 2.45) is 0 Å². The number of rotatable bonds is 6. The number of halogens is 3. The highest BCUT2D eigenvalue weighted by atomic mass is 79.9. The minimum atomic E-state index is -0.488. The Morgan fingerprint density at radius 1 is 0.857 bits per heavy atom. The van der Waals surface area contributed by atoms with Gasteiger partial charge in [0.1, 0.15) is 0 Å². The summed E-state index contributed by atoms with van der Waals surface area (Å²) in [5, 5.41) is 11.1. The van der Waals surface area contributed by atoms with Gasteiger partial charge in [-0.25, -0.2) is 0 Å². The highest BCUT2D eigenvalue weighted by molar-refractivity contribution is 9.10. The van der Waals surface area contributed by atoms with Gasteiger partial charge in [-0.3, -0.25) is 4.79 Å². The number of nitrogens with zero attached hydrogens (tertiary/aromatic N) is 1. The zero-order valence-electron chi connectivity index (χ0n) is 14.8. The number of nitriles is 1. The normalized spacial score (nSPS) is 12.8. The molecule has 0 radical (unpaired) electrons. The van der Waals surface area contributed by atoms with Gasteiger partial charge in [0, 0.05) is 32.4 Å². The number of carbonyl (C=O) groups excluding carboxylic acids is 1. The molecule has 0 fully saturated rings. The van der Waals surface area contributed by atoms with Crippen molar-refractivity contribution < 1.29 is 4.79 Å². The number of hydrogen-bond donors (Lipinski definition) is 0. The molecule has 0 aliphatic rings. The fourth-order valence-corrected chi connectivity index (χ4v) is 3.67. The molecule has 2 unspecified atom stereocenters. The van der Waals surface area contributed by atoms with E-state index >= 15 is 0 Å². The molecule has 3 aromatic carbocycles. The summed E-state index contributed by atoms with van der Waals surface area (Å²) in [6.45, 7) is 0. The van der Waals surface area contributed by atoms with Gasteiger partial charge in [-0.15, -0.1) is 0 Å². The van der Waals surface area contributed by atoms with Crippen LogP contribution in [0, 0.1) is 11.3 Å². The maximum atomic E-state index is 12.9. The second kappa shape index (κ2) is 9.39. The van der Waals surface area contributed by atoms with Gasteiger partial charge in [0.25, 0.3) is 0 Å². The quantitative estimate of drug-likeness (QED) is 0.350. The van der Waals surface area contributed by atoms with Crippen molar-refractivity contribution in [3.05, 3.63) is 104 Å². The molecule has 0 saturated heterocycles. The van der Waals surface area contributed by atoms with Crippen molar-refractivity contribution in [3.63, 3.8) is 0 Å². The molecule has 2 atom stereocenters. The van der Waals surface area contributed by atoms with Gasteiger partial charge in [0.15, 0.2) is 5.78 Å². The zero-order valence-corrected chi connectivity index (χ0v) is 17.9. The van der Waals surface area contributed by atoms with E-state index in [1.807, 2.05) is 36.4 Å². The molecule has 0 bridgehead atoms. The second-order valence-electron chi connectivity index (χ2n) is 6.45. The Morgan fingerprint density at radius 2 is 1.36 bits per heavy atom. The predicted octanol–water partition coefficient (Wildman–Crippen LogP) is 7.42. The van der Waals surface area contributed by atoms with E-state index in [9.17, 15) is 10.1 Å². The first kappa shape index (κ1) is 20.6. The van der Waals surface area contributed by atoms with E-state index in [-0.39, 0.29) is 18.1 Å². The minimum Gasteiger partial charge on any atom is -0.294 e. The van der Waals surface area contributed by atoms with Crippen LogP contribution in [0.5, 0.6) is 0 Å². The van der Waals surface area contributed by atoms with Crippen molar-refractivity contribution in [3.8, 4) is 6.07 Å². The molecule has 3 aromatic rings. The van der Waals surface area contributed by atoms with Crippen molar-refractivity contribution in [1.82, 2.24) is 0 Å². The molecule has 0 spiro atoms. The minimum absolute atomic E-state index is 0.0123. The van der Waals surface area contributed by atoms with Gasteiger partial charge in [-0.05, 0) is 47.5 Å². The van der Waals surface area contributed by atoms with E-state index < -0.39 is 5.92 Å². The van der Waals surface area contributed by atoms with Crippen LogP contribution >= 0.6 is 39.1 Å². The zero-order chi connectivity index (χ0) is 20.1. The Kier molecular flexibility index (Phi) is 6.91. The summed E-state index contributed by atoms with van der Waals surface area (Å²) in [4.78, 5) is 12.9. The van der Waals surface area contributed by atoms with Crippen LogP contribution in [0.25, 0.3) is 0 Å². The largest absolute Gasteiger partial charge is 0.294 e. The van der Waals surface area contributed by atoms with Gasteiger partial charge in [-0.2, -0.15) is 5.26 Å². The van der Waals surface area contributed by atoms with Crippen LogP contribution in [0.1, 0.15) is 39.7 Å². The molecule has 0 heterocycles. The van der Waals surface area contributed by atoms with Crippen LogP contribution in [0.2, 0.25) is 10.0 Å². The fourth-order valence-electron chi connectivity index (χ4n) is 3.16. The summed E-state index contributed by atoms with van der Waals surface area (Å²) in [5.41, 5.74) is 2.35. The number of Topliss-reactive ketones (excluding diaryl/α,β-unsaturated/α-hetero) is 1. The van der Waals surface area contributed by atoms with Crippen LogP contribution < -0.4 is 0 Å². The van der Waals surface area contributed by atoms with Crippen molar-refractivity contribution in [2.45, 2.75) is 18.3 Å². The molecule has 0 N–H and O–H groups in total. The summed E-state index contributed by atoms with van der Waals surface area (Å²) in [6, 6.07) is 24.1. The maximum absolute atomic E-state index is 12.9. The Labute approximate surface area is 182 Å². The summed E-state index contributed by atoms with van der Waals surface area (Å²) in [5.74, 6) is -0.806. The smallest absolute Gasteiger partial charge is 0.163 e. The average molecular weight is 473 g/mol. The lowest BCUT2D eigenvalue weighted by molar-refractivity contribution is 0.0971. The first-order valence-electron chi connectivity index (χ1n) is 8.67. The fraction of sp³-hybridized carbons (Fsp3) is 0.130. The monoisotopic (exact) mass is 471 g/mol. The summed E-state index contributed by atoms with van der Waals surface area (Å²) >= 11 is 15.4. The Morgan fingerprint density at radius 3 is 1.86 bits per heavy atom. The average Bonchev–Trinajstić information content (AvgIpc) is 2.70. The first-order chi connectivity index (χ1) is 13.5. The lowest BCUT2D eigenvalue weighted by Gasteiger charge is -2.23. The predicted molar refractivity (Wildman–Crippen MR) is 117 cm³/mol. The lowest BCUT2D eigenvalue weighted by Crippen LogP contribution is -2.15. The van der Waals surface area contributed by atoms with E-state index in [1.54, 1.807) is 36.4 Å². The third kappa shape index (κ3) is 5.02. The van der Waals surface area contributed by atoms with E-state index in [2.05, 4.69) is 22.0 Å². The highest BCUT2D eigenvalue weighted by Gasteiger charge is 2.27. The molecule has 3 rings (SSSR count). The van der Waals surface area contributed by atoms with Crippen molar-refractivity contribution in [1.29, 1.82) is 5.26 Å². The number of carbonyl (C=O) groups is 1. The molecular weight excluding hydrogens is 457 g/mol. The third-order valence-electron chi connectivity index (χ3n) is 4.64. The van der Waals surface area contributed by atoms with E-state index in [0.717, 1.165) is 15.6 Å². The van der Waals surface area contributed by atoms with Crippen LogP contribution in [0.15, 0.2) is 77.3 Å². The standard InChI is InChI=1S/C23H16BrCl2NO/c24-18-7-1-17(2-8-18)23(28)13-21(15-3-9-19(25)10-4-15)22(14-27)16-5-11-20(26)12-6-16/h1-12,21-22H,13H2. The van der Waals surface area contributed by atoms with Crippen LogP contribution in [-0.4, -0.2) is 5.78 Å². The summed E-state index contributed by atoms with van der Waals surface area (Å²) < 4.78 is 0.911. The van der Waals surface area contributed by atoms with Gasteiger partial charge in [0.2, 0.25) is 0 Å². The van der Waals surface area contributed by atoms with Crippen LogP contribution in [0.3, 0.4) is 0 Å². The third-order valence-corrected chi connectivity index (χ3v) is 5.67. The van der Waals surface area contributed by atoms with E-state index in [0.29, 0.717) is 15.6 Å². The van der Waals surface area contributed by atoms with Gasteiger partial charge in [0.05, 0.1) is 12.0 Å². The van der Waals surface area contributed by atoms with Gasteiger partial charge >= 0.3 is 0 Å². The number of hydrogen-bond acceptors (Lipinski definition) is 2. The molecule has 0 aliphatic carbocycles. The Bertz CT molecular complexity index is 993. The summed E-state index contributed by atoms with van der Waals surface area (Å²) in [7, 11) is 0. The number of ketones is 1. The van der Waals surface area contributed by atoms with E-state index in [4.69, 9.17) is 23.2 Å². The molecule has 0 aromatic heterocycles.